The van der Waals surface area contributed by atoms with Crippen LogP contribution in [0.3, 0.4) is 0 Å². The molecular weight excluding hydrogens is 312 g/mol. The molecule has 0 aliphatic carbocycles. The highest BCUT2D eigenvalue weighted by Gasteiger charge is 2.21. The maximum Gasteiger partial charge on any atom is 0.261 e. The quantitative estimate of drug-likeness (QED) is 0.915. The van der Waals surface area contributed by atoms with Crippen LogP contribution in [0.5, 0.6) is 0 Å². The van der Waals surface area contributed by atoms with Crippen molar-refractivity contribution in [3.63, 3.8) is 0 Å². The third-order valence-electron chi connectivity index (χ3n) is 3.81. The fourth-order valence-electron chi connectivity index (χ4n) is 2.53. The third-order valence-corrected chi connectivity index (χ3v) is 4.67. The maximum absolute atomic E-state index is 12.2. The maximum atomic E-state index is 12.2. The Morgan fingerprint density at radius 1 is 1.13 bits per heavy atom. The summed E-state index contributed by atoms with van der Waals surface area (Å²) in [6.07, 6.45) is 3.54. The number of piperazine rings is 1. The van der Waals surface area contributed by atoms with Gasteiger partial charge in [0.1, 0.15) is 0 Å². The lowest BCUT2D eigenvalue weighted by atomic mass is 10.2. The van der Waals surface area contributed by atoms with Crippen molar-refractivity contribution in [3.05, 3.63) is 46.9 Å². The third kappa shape index (κ3) is 3.87. The second-order valence-corrected chi connectivity index (χ2v) is 6.18. The van der Waals surface area contributed by atoms with Crippen LogP contribution < -0.4 is 10.2 Å². The molecule has 1 saturated heterocycles. The van der Waals surface area contributed by atoms with Crippen LogP contribution in [0, 0.1) is 0 Å². The van der Waals surface area contributed by atoms with Crippen LogP contribution in [0.2, 0.25) is 0 Å². The van der Waals surface area contributed by atoms with Gasteiger partial charge in [-0.25, -0.2) is 0 Å². The summed E-state index contributed by atoms with van der Waals surface area (Å²) < 4.78 is 0. The van der Waals surface area contributed by atoms with Crippen LogP contribution in [0.4, 0.5) is 5.69 Å². The normalized spacial score (nSPS) is 14.6. The van der Waals surface area contributed by atoms with Gasteiger partial charge in [-0.3, -0.25) is 14.6 Å². The monoisotopic (exact) mass is 330 g/mol. The molecule has 0 radical (unpaired) electrons. The summed E-state index contributed by atoms with van der Waals surface area (Å²) >= 11 is 1.37. The van der Waals surface area contributed by atoms with E-state index < -0.39 is 0 Å². The van der Waals surface area contributed by atoms with E-state index in [9.17, 15) is 9.59 Å². The van der Waals surface area contributed by atoms with Crippen molar-refractivity contribution in [1.82, 2.24) is 15.2 Å². The summed E-state index contributed by atoms with van der Waals surface area (Å²) in [5, 5.41) is 4.53. The van der Waals surface area contributed by atoms with Gasteiger partial charge in [-0.05, 0) is 23.6 Å². The van der Waals surface area contributed by atoms with Crippen LogP contribution in [-0.4, -0.2) is 54.4 Å². The number of nitrogens with one attached hydrogen (secondary N) is 1. The number of aromatic nitrogens is 1. The highest BCUT2D eigenvalue weighted by atomic mass is 32.1. The van der Waals surface area contributed by atoms with E-state index in [4.69, 9.17) is 0 Å². The molecule has 6 nitrogen and oxygen atoms in total. The van der Waals surface area contributed by atoms with Crippen molar-refractivity contribution in [3.8, 4) is 0 Å². The van der Waals surface area contributed by atoms with E-state index >= 15 is 0 Å². The highest BCUT2D eigenvalue weighted by Crippen LogP contribution is 2.14. The fraction of sp³-hybridized carbons (Fsp3) is 0.312. The summed E-state index contributed by atoms with van der Waals surface area (Å²) in [7, 11) is 0. The van der Waals surface area contributed by atoms with Crippen molar-refractivity contribution in [2.24, 2.45) is 0 Å². The number of rotatable bonds is 4. The standard InChI is InChI=1S/C16H18N4O2S/c21-15(12-18-16(22)14-2-1-11-23-14)20-9-7-19(8-10-20)13-3-5-17-6-4-13/h1-6,11H,7-10,12H2,(H,18,22). The number of carbonyl (C=O) groups excluding carboxylic acids is 2. The van der Waals surface area contributed by atoms with Gasteiger partial charge in [-0.1, -0.05) is 6.07 Å². The Morgan fingerprint density at radius 2 is 1.87 bits per heavy atom. The Kier molecular flexibility index (Phi) is 4.87. The van der Waals surface area contributed by atoms with E-state index in [0.717, 1.165) is 18.8 Å². The zero-order valence-corrected chi connectivity index (χ0v) is 13.5. The largest absolute Gasteiger partial charge is 0.368 e. The molecule has 23 heavy (non-hydrogen) atoms. The van der Waals surface area contributed by atoms with E-state index in [0.29, 0.717) is 18.0 Å². The number of hydrogen-bond acceptors (Lipinski definition) is 5. The van der Waals surface area contributed by atoms with Crippen molar-refractivity contribution < 1.29 is 9.59 Å². The van der Waals surface area contributed by atoms with Gasteiger partial charge < -0.3 is 15.1 Å². The molecule has 0 unspecified atom stereocenters. The number of pyridine rings is 1. The van der Waals surface area contributed by atoms with E-state index in [1.54, 1.807) is 23.4 Å². The molecule has 2 amide bonds. The molecule has 0 atom stereocenters. The van der Waals surface area contributed by atoms with Crippen molar-refractivity contribution >= 4 is 28.8 Å². The lowest BCUT2D eigenvalue weighted by molar-refractivity contribution is -0.130. The SMILES string of the molecule is O=C(NCC(=O)N1CCN(c2ccncc2)CC1)c1cccs1. The predicted octanol–water partition coefficient (Wildman–Crippen LogP) is 1.22. The Balaban J connectivity index is 1.46. The molecule has 7 heteroatoms. The zero-order valence-electron chi connectivity index (χ0n) is 12.6. The molecule has 1 aliphatic heterocycles. The Labute approximate surface area is 138 Å². The van der Waals surface area contributed by atoms with Crippen molar-refractivity contribution in [2.75, 3.05) is 37.6 Å². The Morgan fingerprint density at radius 3 is 2.52 bits per heavy atom. The number of hydrogen-bond donors (Lipinski definition) is 1. The minimum absolute atomic E-state index is 0.0377. The minimum Gasteiger partial charge on any atom is -0.368 e. The fourth-order valence-corrected chi connectivity index (χ4v) is 3.17. The number of thiophene rings is 1. The summed E-state index contributed by atoms with van der Waals surface area (Å²) in [4.78, 5) is 32.7. The second kappa shape index (κ2) is 7.23. The first-order chi connectivity index (χ1) is 11.2. The first-order valence-corrected chi connectivity index (χ1v) is 8.36. The number of nitrogens with zero attached hydrogens (tertiary/aromatic N) is 3. The Bertz CT molecular complexity index is 652. The molecule has 3 heterocycles. The van der Waals surface area contributed by atoms with Crippen molar-refractivity contribution in [2.45, 2.75) is 0 Å². The smallest absolute Gasteiger partial charge is 0.261 e. The van der Waals surface area contributed by atoms with Crippen molar-refractivity contribution in [1.29, 1.82) is 0 Å². The van der Waals surface area contributed by atoms with Crippen LogP contribution in [0.25, 0.3) is 0 Å². The summed E-state index contributed by atoms with van der Waals surface area (Å²) in [5.41, 5.74) is 1.12. The van der Waals surface area contributed by atoms with Gasteiger partial charge in [0.15, 0.2) is 0 Å². The van der Waals surface area contributed by atoms with E-state index in [2.05, 4.69) is 15.2 Å². The minimum atomic E-state index is -0.191. The lowest BCUT2D eigenvalue weighted by Crippen LogP contribution is -2.51. The molecule has 0 spiro atoms. The van der Waals surface area contributed by atoms with Crippen LogP contribution >= 0.6 is 11.3 Å². The first-order valence-electron chi connectivity index (χ1n) is 7.48. The summed E-state index contributed by atoms with van der Waals surface area (Å²) in [6.45, 7) is 2.95. The molecule has 2 aromatic heterocycles. The number of carbonyl (C=O) groups is 2. The molecule has 0 bridgehead atoms. The molecule has 1 aliphatic rings. The number of anilines is 1. The van der Waals surface area contributed by atoms with E-state index in [-0.39, 0.29) is 18.4 Å². The van der Waals surface area contributed by atoms with Crippen LogP contribution in [0.15, 0.2) is 42.0 Å². The molecule has 120 valence electrons. The van der Waals surface area contributed by atoms with Crippen LogP contribution in [-0.2, 0) is 4.79 Å². The average molecular weight is 330 g/mol. The van der Waals surface area contributed by atoms with Gasteiger partial charge in [-0.2, -0.15) is 0 Å². The first kappa shape index (κ1) is 15.5. The molecular formula is C16H18N4O2S. The van der Waals surface area contributed by atoms with Gasteiger partial charge >= 0.3 is 0 Å². The lowest BCUT2D eigenvalue weighted by Gasteiger charge is -2.36. The zero-order chi connectivity index (χ0) is 16.1. The van der Waals surface area contributed by atoms with Gasteiger partial charge in [0.05, 0.1) is 11.4 Å². The van der Waals surface area contributed by atoms with E-state index in [1.165, 1.54) is 11.3 Å². The van der Waals surface area contributed by atoms with Gasteiger partial charge in [0.2, 0.25) is 5.91 Å². The predicted molar refractivity (Wildman–Crippen MR) is 89.7 cm³/mol. The molecule has 2 aromatic rings. The second-order valence-electron chi connectivity index (χ2n) is 5.23. The Hall–Kier alpha value is -2.41. The molecule has 1 N–H and O–H groups in total. The molecule has 0 aromatic carbocycles. The average Bonchev–Trinajstić information content (AvgIpc) is 3.15. The van der Waals surface area contributed by atoms with Gasteiger partial charge in [0, 0.05) is 44.3 Å². The van der Waals surface area contributed by atoms with Gasteiger partial charge in [-0.15, -0.1) is 11.3 Å². The summed E-state index contributed by atoms with van der Waals surface area (Å²) in [6, 6.07) is 7.51. The number of amides is 2. The van der Waals surface area contributed by atoms with Crippen LogP contribution in [0.1, 0.15) is 9.67 Å². The molecule has 1 fully saturated rings. The van der Waals surface area contributed by atoms with Gasteiger partial charge in [0.25, 0.3) is 5.91 Å². The highest BCUT2D eigenvalue weighted by molar-refractivity contribution is 7.12. The molecule has 3 rings (SSSR count). The summed E-state index contributed by atoms with van der Waals surface area (Å²) in [5.74, 6) is -0.229. The molecule has 0 saturated carbocycles. The topological polar surface area (TPSA) is 65.5 Å². The van der Waals surface area contributed by atoms with E-state index in [1.807, 2.05) is 23.6 Å².